The summed E-state index contributed by atoms with van der Waals surface area (Å²) in [6, 6.07) is 3.61. The van der Waals surface area contributed by atoms with Crippen LogP contribution in [0.2, 0.25) is 0 Å². The number of halogens is 1. The summed E-state index contributed by atoms with van der Waals surface area (Å²) in [7, 11) is 2.93. The molecule has 2 unspecified atom stereocenters. The van der Waals surface area contributed by atoms with Gasteiger partial charge in [0.1, 0.15) is 0 Å². The molecule has 2 aliphatic heterocycles. The molecule has 2 aromatic rings. The second kappa shape index (κ2) is 14.0. The number of amides is 2. The number of nitrogens with zero attached hydrogens (tertiary/aromatic N) is 2. The maximum Gasteiger partial charge on any atom is 0.306 e. The SMILES string of the molecule is COc1cc2c(cc1OCCCOc1c(F)c3c(c(C)c1OC)CN(C(=O)CC(C)C(=O)O)C3)CN(C(=O)CC(C)C(=O)O)C2. The number of hydrogen-bond acceptors (Lipinski definition) is 8. The van der Waals surface area contributed by atoms with Gasteiger partial charge in [-0.25, -0.2) is 4.39 Å². The molecule has 2 aliphatic rings. The van der Waals surface area contributed by atoms with Gasteiger partial charge in [-0.1, -0.05) is 13.8 Å². The first-order valence-corrected chi connectivity index (χ1v) is 14.7. The largest absolute Gasteiger partial charge is 0.493 e. The number of carbonyl (C=O) groups is 4. The Morgan fingerprint density at radius 3 is 1.82 bits per heavy atom. The van der Waals surface area contributed by atoms with Gasteiger partial charge in [0.15, 0.2) is 28.8 Å². The molecular weight excluding hydrogens is 591 g/mol. The first-order valence-electron chi connectivity index (χ1n) is 14.7. The molecule has 0 bridgehead atoms. The van der Waals surface area contributed by atoms with Crippen molar-refractivity contribution < 1.29 is 52.7 Å². The summed E-state index contributed by atoms with van der Waals surface area (Å²) in [6.07, 6.45) is 0.123. The number of fused-ring (bicyclic) bond motifs is 2. The van der Waals surface area contributed by atoms with Crippen molar-refractivity contribution in [2.45, 2.75) is 66.2 Å². The second-order valence-corrected chi connectivity index (χ2v) is 11.5. The molecule has 0 aliphatic carbocycles. The van der Waals surface area contributed by atoms with Crippen LogP contribution in [-0.2, 0) is 45.4 Å². The van der Waals surface area contributed by atoms with E-state index < -0.39 is 29.6 Å². The number of carboxylic acids is 2. The lowest BCUT2D eigenvalue weighted by Crippen LogP contribution is -2.28. The monoisotopic (exact) mass is 630 g/mol. The van der Waals surface area contributed by atoms with E-state index in [2.05, 4.69) is 0 Å². The first-order chi connectivity index (χ1) is 21.4. The molecule has 0 fully saturated rings. The van der Waals surface area contributed by atoms with Crippen LogP contribution in [0.15, 0.2) is 12.1 Å². The van der Waals surface area contributed by atoms with E-state index >= 15 is 4.39 Å². The van der Waals surface area contributed by atoms with Gasteiger partial charge < -0.3 is 39.0 Å². The zero-order chi connectivity index (χ0) is 33.0. The molecule has 45 heavy (non-hydrogen) atoms. The lowest BCUT2D eigenvalue weighted by Gasteiger charge is -2.17. The standard InChI is InChI=1S/C32H39FN2O10/c1-17(31(38)39)9-26(36)34-13-20-11-24(42-4)25(12-21(20)14-34)44-7-6-8-45-30-28(33)23-16-35(27(37)10-18(2)32(40)41)15-22(23)19(3)29(30)43-5/h11-12,17-18H,6-10,13-16H2,1-5H3,(H,38,39)(H,40,41). The van der Waals surface area contributed by atoms with Crippen molar-refractivity contribution in [1.29, 1.82) is 0 Å². The molecule has 12 nitrogen and oxygen atoms in total. The highest BCUT2D eigenvalue weighted by Crippen LogP contribution is 2.43. The van der Waals surface area contributed by atoms with Gasteiger partial charge in [-0.15, -0.1) is 0 Å². The fourth-order valence-electron chi connectivity index (χ4n) is 5.50. The Morgan fingerprint density at radius 2 is 1.29 bits per heavy atom. The van der Waals surface area contributed by atoms with Crippen molar-refractivity contribution in [3.05, 3.63) is 45.8 Å². The molecule has 2 N–H and O–H groups in total. The first kappa shape index (κ1) is 33.3. The minimum Gasteiger partial charge on any atom is -0.493 e. The second-order valence-electron chi connectivity index (χ2n) is 11.5. The zero-order valence-electron chi connectivity index (χ0n) is 26.1. The van der Waals surface area contributed by atoms with Crippen molar-refractivity contribution in [1.82, 2.24) is 9.80 Å². The smallest absolute Gasteiger partial charge is 0.306 e. The van der Waals surface area contributed by atoms with Crippen molar-refractivity contribution in [3.63, 3.8) is 0 Å². The predicted molar refractivity (Wildman–Crippen MR) is 158 cm³/mol. The highest BCUT2D eigenvalue weighted by molar-refractivity contribution is 5.83. The third kappa shape index (κ3) is 7.23. The van der Waals surface area contributed by atoms with Gasteiger partial charge in [0, 0.05) is 56.6 Å². The number of rotatable bonds is 14. The molecule has 2 heterocycles. The maximum absolute atomic E-state index is 15.7. The van der Waals surface area contributed by atoms with Crippen molar-refractivity contribution in [2.24, 2.45) is 11.8 Å². The van der Waals surface area contributed by atoms with Crippen LogP contribution in [0.5, 0.6) is 23.0 Å². The van der Waals surface area contributed by atoms with Gasteiger partial charge in [-0.2, -0.15) is 0 Å². The Morgan fingerprint density at radius 1 is 0.778 bits per heavy atom. The van der Waals surface area contributed by atoms with Crippen molar-refractivity contribution in [2.75, 3.05) is 27.4 Å². The minimum absolute atomic E-state index is 0.0103. The minimum atomic E-state index is -1.07. The molecule has 0 saturated heterocycles. The van der Waals surface area contributed by atoms with Crippen LogP contribution in [-0.4, -0.2) is 71.2 Å². The molecule has 2 atom stereocenters. The van der Waals surface area contributed by atoms with E-state index in [-0.39, 0.29) is 62.5 Å². The van der Waals surface area contributed by atoms with Gasteiger partial charge >= 0.3 is 11.9 Å². The van der Waals surface area contributed by atoms with Crippen LogP contribution < -0.4 is 18.9 Å². The summed E-state index contributed by atoms with van der Waals surface area (Å²) in [5.41, 5.74) is 3.36. The fourth-order valence-corrected chi connectivity index (χ4v) is 5.50. The van der Waals surface area contributed by atoms with Crippen LogP contribution in [0.1, 0.15) is 60.9 Å². The Hall–Kier alpha value is -4.55. The summed E-state index contributed by atoms with van der Waals surface area (Å²) in [4.78, 5) is 50.7. The van der Waals surface area contributed by atoms with Gasteiger partial charge in [0.2, 0.25) is 11.8 Å². The number of ether oxygens (including phenoxy) is 4. The summed E-state index contributed by atoms with van der Waals surface area (Å²) in [5, 5.41) is 18.3. The number of benzene rings is 2. The number of methoxy groups -OCH3 is 2. The quantitative estimate of drug-likeness (QED) is 0.294. The van der Waals surface area contributed by atoms with E-state index in [0.29, 0.717) is 47.7 Å². The normalized spacial score (nSPS) is 14.8. The Kier molecular flexibility index (Phi) is 10.4. The van der Waals surface area contributed by atoms with Crippen LogP contribution in [0.4, 0.5) is 4.39 Å². The van der Waals surface area contributed by atoms with E-state index in [1.807, 2.05) is 0 Å². The molecule has 0 spiro atoms. The molecule has 13 heteroatoms. The number of aliphatic carboxylic acids is 2. The van der Waals surface area contributed by atoms with Gasteiger partial charge in [0.05, 0.1) is 39.3 Å². The van der Waals surface area contributed by atoms with Crippen LogP contribution in [0, 0.1) is 24.6 Å². The van der Waals surface area contributed by atoms with Crippen molar-refractivity contribution in [3.8, 4) is 23.0 Å². The van der Waals surface area contributed by atoms with E-state index in [1.54, 1.807) is 24.0 Å². The summed E-state index contributed by atoms with van der Waals surface area (Å²) < 4.78 is 38.4. The number of carboxylic acid groups (broad SMARTS) is 2. The van der Waals surface area contributed by atoms with E-state index in [4.69, 9.17) is 29.2 Å². The van der Waals surface area contributed by atoms with E-state index in [9.17, 15) is 19.2 Å². The molecule has 0 aromatic heterocycles. The Bertz CT molecular complexity index is 1490. The van der Waals surface area contributed by atoms with E-state index in [1.165, 1.54) is 33.0 Å². The van der Waals surface area contributed by atoms with Crippen LogP contribution in [0.3, 0.4) is 0 Å². The average Bonchev–Trinajstić information content (AvgIpc) is 3.64. The maximum atomic E-state index is 15.7. The lowest BCUT2D eigenvalue weighted by atomic mass is 10.0. The topological polar surface area (TPSA) is 152 Å². The summed E-state index contributed by atoms with van der Waals surface area (Å²) in [5.74, 6) is -3.79. The van der Waals surface area contributed by atoms with Crippen LogP contribution >= 0.6 is 0 Å². The summed E-state index contributed by atoms with van der Waals surface area (Å²) in [6.45, 7) is 5.89. The third-order valence-corrected chi connectivity index (χ3v) is 8.24. The number of carbonyl (C=O) groups excluding carboxylic acids is 2. The Labute approximate surface area is 260 Å². The molecule has 2 aromatic carbocycles. The summed E-state index contributed by atoms with van der Waals surface area (Å²) >= 11 is 0. The molecule has 4 rings (SSSR count). The Balaban J connectivity index is 1.36. The molecule has 0 saturated carbocycles. The average molecular weight is 631 g/mol. The van der Waals surface area contributed by atoms with E-state index in [0.717, 1.165) is 11.1 Å². The molecule has 0 radical (unpaired) electrons. The van der Waals surface area contributed by atoms with Crippen LogP contribution in [0.25, 0.3) is 0 Å². The molecule has 2 amide bonds. The predicted octanol–water partition coefficient (Wildman–Crippen LogP) is 3.91. The molecular formula is C32H39FN2O10. The fraction of sp³-hybridized carbons (Fsp3) is 0.500. The number of hydrogen-bond donors (Lipinski definition) is 2. The third-order valence-electron chi connectivity index (χ3n) is 8.24. The van der Waals surface area contributed by atoms with Gasteiger partial charge in [-0.05, 0) is 35.7 Å². The molecule has 244 valence electrons. The zero-order valence-corrected chi connectivity index (χ0v) is 26.1. The highest BCUT2D eigenvalue weighted by atomic mass is 19.1. The highest BCUT2D eigenvalue weighted by Gasteiger charge is 2.34. The van der Waals surface area contributed by atoms with Gasteiger partial charge in [-0.3, -0.25) is 19.2 Å². The lowest BCUT2D eigenvalue weighted by molar-refractivity contribution is -0.145. The van der Waals surface area contributed by atoms with Gasteiger partial charge in [0.25, 0.3) is 0 Å². The van der Waals surface area contributed by atoms with Crippen molar-refractivity contribution >= 4 is 23.8 Å².